The van der Waals surface area contributed by atoms with Crippen molar-refractivity contribution in [3.05, 3.63) is 40.8 Å². The summed E-state index contributed by atoms with van der Waals surface area (Å²) in [4.78, 5) is 4.19. The van der Waals surface area contributed by atoms with Gasteiger partial charge in [-0.25, -0.2) is 4.98 Å². The van der Waals surface area contributed by atoms with Gasteiger partial charge in [0.15, 0.2) is 5.58 Å². The number of rotatable bonds is 0. The predicted molar refractivity (Wildman–Crippen MR) is 69.3 cm³/mol. The molecule has 3 rings (SSSR count). The zero-order valence-electron chi connectivity index (χ0n) is 10.5. The van der Waals surface area contributed by atoms with Gasteiger partial charge in [-0.05, 0) is 55.2 Å². The van der Waals surface area contributed by atoms with E-state index in [0.717, 1.165) is 16.7 Å². The number of nitrogens with zero attached hydrogens (tertiary/aromatic N) is 1. The summed E-state index contributed by atoms with van der Waals surface area (Å²) in [6.45, 7) is 8.49. The van der Waals surface area contributed by atoms with E-state index in [9.17, 15) is 0 Å². The Morgan fingerprint density at radius 1 is 1.00 bits per heavy atom. The third kappa shape index (κ3) is 1.24. The quantitative estimate of drug-likeness (QED) is 0.576. The number of fused-ring (bicyclic) bond motifs is 2. The highest BCUT2D eigenvalue weighted by atomic mass is 16.3. The summed E-state index contributed by atoms with van der Waals surface area (Å²) in [5.74, 6) is 0. The van der Waals surface area contributed by atoms with Gasteiger partial charge in [0, 0.05) is 5.56 Å². The molecule has 2 heteroatoms. The van der Waals surface area contributed by atoms with Gasteiger partial charge < -0.3 is 4.42 Å². The summed E-state index contributed by atoms with van der Waals surface area (Å²) in [5.41, 5.74) is 6.76. The lowest BCUT2D eigenvalue weighted by atomic mass is 9.93. The third-order valence-corrected chi connectivity index (χ3v) is 3.73. The molecule has 0 saturated carbocycles. The summed E-state index contributed by atoms with van der Waals surface area (Å²) < 4.78 is 5.40. The molecule has 17 heavy (non-hydrogen) atoms. The first-order chi connectivity index (χ1) is 8.11. The lowest BCUT2D eigenvalue weighted by Crippen LogP contribution is -1.91. The smallest absolute Gasteiger partial charge is 0.284 e. The van der Waals surface area contributed by atoms with Crippen LogP contribution >= 0.6 is 0 Å². The Morgan fingerprint density at radius 2 is 1.76 bits per heavy atom. The van der Waals surface area contributed by atoms with Gasteiger partial charge >= 0.3 is 0 Å². The third-order valence-electron chi connectivity index (χ3n) is 3.73. The standard InChI is InChI=1S/C15H14NO/c1-8-5-6-12-10(3)14-15(17-7-16-14)11(4)13(12)9(8)2/h5-6H,1-4H3. The van der Waals surface area contributed by atoms with E-state index in [1.54, 1.807) is 0 Å². The Morgan fingerprint density at radius 3 is 2.53 bits per heavy atom. The first-order valence-corrected chi connectivity index (χ1v) is 5.77. The van der Waals surface area contributed by atoms with Crippen LogP contribution in [0.5, 0.6) is 0 Å². The zero-order valence-corrected chi connectivity index (χ0v) is 10.5. The van der Waals surface area contributed by atoms with Crippen LogP contribution in [0, 0.1) is 34.1 Å². The van der Waals surface area contributed by atoms with Gasteiger partial charge in [-0.15, -0.1) is 0 Å². The fourth-order valence-electron chi connectivity index (χ4n) is 2.57. The molecule has 0 unspecified atom stereocenters. The second kappa shape index (κ2) is 3.33. The molecule has 0 spiro atoms. The average molecular weight is 224 g/mol. The average Bonchev–Trinajstić information content (AvgIpc) is 2.79. The molecule has 0 atom stereocenters. The van der Waals surface area contributed by atoms with Crippen LogP contribution in [0.1, 0.15) is 22.3 Å². The molecular formula is C15H14NO. The first kappa shape index (κ1) is 10.3. The minimum atomic E-state index is 0.865. The zero-order chi connectivity index (χ0) is 12.2. The van der Waals surface area contributed by atoms with Gasteiger partial charge in [0.2, 0.25) is 0 Å². The molecule has 0 aliphatic rings. The maximum absolute atomic E-state index is 5.40. The molecule has 3 aromatic rings. The molecule has 1 aromatic heterocycles. The molecule has 0 fully saturated rings. The van der Waals surface area contributed by atoms with Crippen molar-refractivity contribution < 1.29 is 4.42 Å². The van der Waals surface area contributed by atoms with E-state index < -0.39 is 0 Å². The summed E-state index contributed by atoms with van der Waals surface area (Å²) in [7, 11) is 0. The predicted octanol–water partition coefficient (Wildman–Crippen LogP) is 4.01. The van der Waals surface area contributed by atoms with Gasteiger partial charge in [0.05, 0.1) is 0 Å². The van der Waals surface area contributed by atoms with Gasteiger partial charge in [-0.2, -0.15) is 0 Å². The van der Waals surface area contributed by atoms with Crippen LogP contribution in [-0.4, -0.2) is 4.98 Å². The van der Waals surface area contributed by atoms with Crippen molar-refractivity contribution in [2.45, 2.75) is 27.7 Å². The number of hydrogen-bond donors (Lipinski definition) is 0. The van der Waals surface area contributed by atoms with Crippen LogP contribution in [0.15, 0.2) is 16.5 Å². The number of hydrogen-bond acceptors (Lipinski definition) is 2. The van der Waals surface area contributed by atoms with Crippen LogP contribution in [0.3, 0.4) is 0 Å². The number of aryl methyl sites for hydroxylation is 4. The minimum Gasteiger partial charge on any atom is -0.432 e. The van der Waals surface area contributed by atoms with E-state index in [1.165, 1.54) is 27.5 Å². The Labute approximate surface area is 100 Å². The molecule has 0 aliphatic heterocycles. The van der Waals surface area contributed by atoms with E-state index in [2.05, 4.69) is 51.2 Å². The Hall–Kier alpha value is -1.83. The Bertz CT molecular complexity index is 738. The van der Waals surface area contributed by atoms with Crippen molar-refractivity contribution in [1.82, 2.24) is 4.98 Å². The molecule has 0 saturated heterocycles. The molecule has 0 bridgehead atoms. The maximum Gasteiger partial charge on any atom is 0.284 e. The number of benzene rings is 2. The Kier molecular flexibility index (Phi) is 2.02. The molecule has 2 nitrogen and oxygen atoms in total. The van der Waals surface area contributed by atoms with Gasteiger partial charge in [-0.3, -0.25) is 0 Å². The highest BCUT2D eigenvalue weighted by molar-refractivity contribution is 6.03. The fourth-order valence-corrected chi connectivity index (χ4v) is 2.57. The van der Waals surface area contributed by atoms with Crippen molar-refractivity contribution in [2.75, 3.05) is 0 Å². The van der Waals surface area contributed by atoms with E-state index in [1.807, 2.05) is 0 Å². The van der Waals surface area contributed by atoms with Gasteiger partial charge in [-0.1, -0.05) is 12.1 Å². The van der Waals surface area contributed by atoms with Crippen LogP contribution in [-0.2, 0) is 0 Å². The summed E-state index contributed by atoms with van der Waals surface area (Å²) in [6, 6.07) is 4.34. The highest BCUT2D eigenvalue weighted by Crippen LogP contribution is 2.33. The van der Waals surface area contributed by atoms with Crippen molar-refractivity contribution in [3.63, 3.8) is 0 Å². The second-order valence-electron chi connectivity index (χ2n) is 4.66. The first-order valence-electron chi connectivity index (χ1n) is 5.77. The van der Waals surface area contributed by atoms with Crippen molar-refractivity contribution >= 4 is 21.9 Å². The highest BCUT2D eigenvalue weighted by Gasteiger charge is 2.14. The van der Waals surface area contributed by atoms with Gasteiger partial charge in [0.1, 0.15) is 5.52 Å². The SMILES string of the molecule is Cc1ccc2c(C)c3n[c]oc3c(C)c2c1C. The summed E-state index contributed by atoms with van der Waals surface area (Å²) in [5, 5.41) is 2.56. The molecule has 2 aromatic carbocycles. The molecule has 0 amide bonds. The molecular weight excluding hydrogens is 210 g/mol. The summed E-state index contributed by atoms with van der Waals surface area (Å²) in [6.07, 6.45) is 2.60. The van der Waals surface area contributed by atoms with Crippen molar-refractivity contribution in [3.8, 4) is 0 Å². The van der Waals surface area contributed by atoms with Crippen LogP contribution < -0.4 is 0 Å². The largest absolute Gasteiger partial charge is 0.432 e. The number of aromatic nitrogens is 1. The van der Waals surface area contributed by atoms with E-state index in [0.29, 0.717) is 0 Å². The molecule has 85 valence electrons. The number of oxazole rings is 1. The molecule has 0 aliphatic carbocycles. The topological polar surface area (TPSA) is 26.0 Å². The van der Waals surface area contributed by atoms with Crippen molar-refractivity contribution in [1.29, 1.82) is 0 Å². The maximum atomic E-state index is 5.40. The second-order valence-corrected chi connectivity index (χ2v) is 4.66. The fraction of sp³-hybridized carbons (Fsp3) is 0.267. The van der Waals surface area contributed by atoms with Crippen molar-refractivity contribution in [2.24, 2.45) is 0 Å². The van der Waals surface area contributed by atoms with Gasteiger partial charge in [0.25, 0.3) is 6.39 Å². The minimum absolute atomic E-state index is 0.865. The van der Waals surface area contributed by atoms with Crippen LogP contribution in [0.2, 0.25) is 0 Å². The molecule has 0 N–H and O–H groups in total. The monoisotopic (exact) mass is 224 g/mol. The lowest BCUT2D eigenvalue weighted by Gasteiger charge is -2.11. The molecule has 1 heterocycles. The Balaban J connectivity index is 2.68. The van der Waals surface area contributed by atoms with E-state index in [-0.39, 0.29) is 0 Å². The van der Waals surface area contributed by atoms with Crippen LogP contribution in [0.4, 0.5) is 0 Å². The molecule has 1 radical (unpaired) electrons. The summed E-state index contributed by atoms with van der Waals surface area (Å²) >= 11 is 0. The van der Waals surface area contributed by atoms with E-state index in [4.69, 9.17) is 4.42 Å². The lowest BCUT2D eigenvalue weighted by molar-refractivity contribution is 0.589. The normalized spacial score (nSPS) is 11.5. The van der Waals surface area contributed by atoms with E-state index >= 15 is 0 Å². The van der Waals surface area contributed by atoms with Crippen LogP contribution in [0.25, 0.3) is 21.9 Å².